The molecule has 0 radical (unpaired) electrons. The average Bonchev–Trinajstić information content (AvgIpc) is 3.10. The summed E-state index contributed by atoms with van der Waals surface area (Å²) < 4.78 is 11.0. The highest BCUT2D eigenvalue weighted by atomic mass is 16.5. The maximum Gasteiger partial charge on any atom is 0.274 e. The number of likely N-dealkylation sites (tertiary alicyclic amines) is 1. The number of nitrogens with zero attached hydrogens (tertiary/aromatic N) is 5. The maximum atomic E-state index is 12.3. The number of ether oxygens (including phenoxy) is 1. The summed E-state index contributed by atoms with van der Waals surface area (Å²) >= 11 is 0. The standard InChI is InChI=1S/C16H21N5O3/c1-11(2)15-19-14(24-20-15)10-23-12-3-7-21(8-4-12)16(22)13-9-17-5-6-18-13/h5-6,9,11-12H,3-4,7-8,10H2,1-2H3. The van der Waals surface area contributed by atoms with Crippen molar-refractivity contribution in [2.24, 2.45) is 0 Å². The van der Waals surface area contributed by atoms with Gasteiger partial charge in [0.05, 0.1) is 12.3 Å². The van der Waals surface area contributed by atoms with E-state index >= 15 is 0 Å². The highest BCUT2D eigenvalue weighted by Crippen LogP contribution is 2.17. The second-order valence-electron chi connectivity index (χ2n) is 6.09. The Kier molecular flexibility index (Phi) is 5.14. The second kappa shape index (κ2) is 7.48. The quantitative estimate of drug-likeness (QED) is 0.824. The third-order valence-electron chi connectivity index (χ3n) is 3.95. The van der Waals surface area contributed by atoms with E-state index in [9.17, 15) is 4.79 Å². The average molecular weight is 331 g/mol. The molecule has 0 saturated carbocycles. The zero-order valence-corrected chi connectivity index (χ0v) is 13.9. The molecule has 1 fully saturated rings. The molecule has 1 aliphatic rings. The zero-order chi connectivity index (χ0) is 16.9. The maximum absolute atomic E-state index is 12.3. The summed E-state index contributed by atoms with van der Waals surface area (Å²) in [6.07, 6.45) is 6.21. The second-order valence-corrected chi connectivity index (χ2v) is 6.09. The molecule has 0 aromatic carbocycles. The molecule has 0 bridgehead atoms. The van der Waals surface area contributed by atoms with Crippen molar-refractivity contribution < 1.29 is 14.1 Å². The first-order valence-electron chi connectivity index (χ1n) is 8.13. The molecule has 24 heavy (non-hydrogen) atoms. The van der Waals surface area contributed by atoms with Crippen molar-refractivity contribution in [2.75, 3.05) is 13.1 Å². The summed E-state index contributed by atoms with van der Waals surface area (Å²) in [7, 11) is 0. The normalized spacial score (nSPS) is 15.9. The lowest BCUT2D eigenvalue weighted by molar-refractivity contribution is -0.00989. The van der Waals surface area contributed by atoms with Gasteiger partial charge in [0.2, 0.25) is 0 Å². The monoisotopic (exact) mass is 331 g/mol. The van der Waals surface area contributed by atoms with Gasteiger partial charge in [-0.15, -0.1) is 0 Å². The molecule has 1 amide bonds. The number of piperidine rings is 1. The fourth-order valence-electron chi connectivity index (χ4n) is 2.55. The van der Waals surface area contributed by atoms with Gasteiger partial charge in [0.25, 0.3) is 11.8 Å². The van der Waals surface area contributed by atoms with Crippen LogP contribution in [0.2, 0.25) is 0 Å². The predicted octanol–water partition coefficient (Wildman–Crippen LogP) is 1.80. The topological polar surface area (TPSA) is 94.2 Å². The molecule has 3 rings (SSSR count). The summed E-state index contributed by atoms with van der Waals surface area (Å²) in [5, 5.41) is 3.92. The van der Waals surface area contributed by atoms with Crippen molar-refractivity contribution in [1.29, 1.82) is 0 Å². The lowest BCUT2D eigenvalue weighted by atomic mass is 10.1. The summed E-state index contributed by atoms with van der Waals surface area (Å²) in [6, 6.07) is 0. The summed E-state index contributed by atoms with van der Waals surface area (Å²) in [6.45, 7) is 5.61. The van der Waals surface area contributed by atoms with E-state index in [1.165, 1.54) is 12.4 Å². The summed E-state index contributed by atoms with van der Waals surface area (Å²) in [5.41, 5.74) is 0.379. The van der Waals surface area contributed by atoms with Crippen LogP contribution in [-0.2, 0) is 11.3 Å². The van der Waals surface area contributed by atoms with Gasteiger partial charge in [0.15, 0.2) is 5.82 Å². The number of hydrogen-bond donors (Lipinski definition) is 0. The van der Waals surface area contributed by atoms with Crippen LogP contribution in [0.3, 0.4) is 0 Å². The Bertz CT molecular complexity index is 665. The molecule has 1 aliphatic heterocycles. The molecule has 0 N–H and O–H groups in total. The first kappa shape index (κ1) is 16.5. The van der Waals surface area contributed by atoms with E-state index in [0.29, 0.717) is 37.1 Å². The van der Waals surface area contributed by atoms with Gasteiger partial charge in [0, 0.05) is 31.4 Å². The third-order valence-corrected chi connectivity index (χ3v) is 3.95. The van der Waals surface area contributed by atoms with Crippen molar-refractivity contribution in [3.8, 4) is 0 Å². The number of aromatic nitrogens is 4. The first-order valence-corrected chi connectivity index (χ1v) is 8.13. The van der Waals surface area contributed by atoms with Crippen molar-refractivity contribution in [1.82, 2.24) is 25.0 Å². The number of hydrogen-bond acceptors (Lipinski definition) is 7. The van der Waals surface area contributed by atoms with Gasteiger partial charge in [0.1, 0.15) is 12.3 Å². The smallest absolute Gasteiger partial charge is 0.274 e. The van der Waals surface area contributed by atoms with Crippen molar-refractivity contribution in [2.45, 2.75) is 45.3 Å². The Balaban J connectivity index is 1.46. The third kappa shape index (κ3) is 3.94. The van der Waals surface area contributed by atoms with Crippen LogP contribution in [0, 0.1) is 0 Å². The number of rotatable bonds is 5. The fraction of sp³-hybridized carbons (Fsp3) is 0.562. The van der Waals surface area contributed by atoms with Gasteiger partial charge < -0.3 is 14.2 Å². The van der Waals surface area contributed by atoms with Crippen LogP contribution >= 0.6 is 0 Å². The van der Waals surface area contributed by atoms with Crippen molar-refractivity contribution >= 4 is 5.91 Å². The molecule has 3 heterocycles. The highest BCUT2D eigenvalue weighted by molar-refractivity contribution is 5.92. The molecule has 0 atom stereocenters. The Labute approximate surface area is 140 Å². The van der Waals surface area contributed by atoms with Crippen molar-refractivity contribution in [3.05, 3.63) is 36.0 Å². The van der Waals surface area contributed by atoms with Crippen LogP contribution in [-0.4, -0.2) is 50.1 Å². The van der Waals surface area contributed by atoms with E-state index in [1.54, 1.807) is 11.1 Å². The van der Waals surface area contributed by atoms with Crippen LogP contribution in [0.15, 0.2) is 23.1 Å². The molecule has 1 saturated heterocycles. The molecule has 0 spiro atoms. The number of carbonyl (C=O) groups excluding carboxylic acids is 1. The van der Waals surface area contributed by atoms with Gasteiger partial charge >= 0.3 is 0 Å². The first-order chi connectivity index (χ1) is 11.6. The molecule has 128 valence electrons. The van der Waals surface area contributed by atoms with E-state index in [1.807, 2.05) is 13.8 Å². The SMILES string of the molecule is CC(C)c1noc(COC2CCN(C(=O)c3cnccn3)CC2)n1. The lowest BCUT2D eigenvalue weighted by Gasteiger charge is -2.31. The summed E-state index contributed by atoms with van der Waals surface area (Å²) in [5.74, 6) is 1.34. The lowest BCUT2D eigenvalue weighted by Crippen LogP contribution is -2.41. The fourth-order valence-corrected chi connectivity index (χ4v) is 2.55. The van der Waals surface area contributed by atoms with E-state index in [-0.39, 0.29) is 17.9 Å². The van der Waals surface area contributed by atoms with Crippen LogP contribution in [0.25, 0.3) is 0 Å². The van der Waals surface area contributed by atoms with Crippen LogP contribution in [0.5, 0.6) is 0 Å². The van der Waals surface area contributed by atoms with Gasteiger partial charge in [-0.1, -0.05) is 19.0 Å². The van der Waals surface area contributed by atoms with Crippen molar-refractivity contribution in [3.63, 3.8) is 0 Å². The Morgan fingerprint density at radius 3 is 2.79 bits per heavy atom. The van der Waals surface area contributed by atoms with Gasteiger partial charge in [-0.05, 0) is 12.8 Å². The minimum Gasteiger partial charge on any atom is -0.368 e. The molecule has 8 heteroatoms. The molecule has 2 aromatic rings. The molecular weight excluding hydrogens is 310 g/mol. The predicted molar refractivity (Wildman–Crippen MR) is 84.1 cm³/mol. The Morgan fingerprint density at radius 1 is 1.38 bits per heavy atom. The minimum absolute atomic E-state index is 0.0833. The van der Waals surface area contributed by atoms with E-state index < -0.39 is 0 Å². The molecule has 2 aromatic heterocycles. The minimum atomic E-state index is -0.0833. The van der Waals surface area contributed by atoms with Gasteiger partial charge in [-0.25, -0.2) is 4.98 Å². The zero-order valence-electron chi connectivity index (χ0n) is 13.9. The molecular formula is C16H21N5O3. The molecule has 0 aliphatic carbocycles. The largest absolute Gasteiger partial charge is 0.368 e. The summed E-state index contributed by atoms with van der Waals surface area (Å²) in [4.78, 5) is 26.4. The number of amides is 1. The van der Waals surface area contributed by atoms with Gasteiger partial charge in [-0.2, -0.15) is 4.98 Å². The number of carbonyl (C=O) groups is 1. The van der Waals surface area contributed by atoms with Gasteiger partial charge in [-0.3, -0.25) is 9.78 Å². The van der Waals surface area contributed by atoms with E-state index in [0.717, 1.165) is 12.8 Å². The molecule has 0 unspecified atom stereocenters. The van der Waals surface area contributed by atoms with Crippen LogP contribution < -0.4 is 0 Å². The van der Waals surface area contributed by atoms with Crippen LogP contribution in [0.4, 0.5) is 0 Å². The van der Waals surface area contributed by atoms with E-state index in [2.05, 4.69) is 20.1 Å². The Morgan fingerprint density at radius 2 is 2.17 bits per heavy atom. The molecule has 8 nitrogen and oxygen atoms in total. The van der Waals surface area contributed by atoms with E-state index in [4.69, 9.17) is 9.26 Å². The Hall–Kier alpha value is -2.35. The van der Waals surface area contributed by atoms with Crippen LogP contribution in [0.1, 0.15) is 54.8 Å². The highest BCUT2D eigenvalue weighted by Gasteiger charge is 2.25.